The van der Waals surface area contributed by atoms with Gasteiger partial charge in [-0.3, -0.25) is 4.90 Å². The highest BCUT2D eigenvalue weighted by Crippen LogP contribution is 2.22. The number of thiophene rings is 1. The summed E-state index contributed by atoms with van der Waals surface area (Å²) in [4.78, 5) is 3.83. The van der Waals surface area contributed by atoms with Gasteiger partial charge in [-0.05, 0) is 55.5 Å². The number of halogens is 1. The summed E-state index contributed by atoms with van der Waals surface area (Å²) in [5, 5.41) is 5.38. The van der Waals surface area contributed by atoms with Crippen molar-refractivity contribution >= 4 is 27.3 Å². The van der Waals surface area contributed by atoms with Gasteiger partial charge in [0, 0.05) is 27.3 Å². The molecule has 1 aromatic heterocycles. The van der Waals surface area contributed by atoms with Crippen LogP contribution in [0.3, 0.4) is 0 Å². The summed E-state index contributed by atoms with van der Waals surface area (Å²) in [5.41, 5.74) is 0. The summed E-state index contributed by atoms with van der Waals surface area (Å²) in [6.07, 6.45) is 0. The van der Waals surface area contributed by atoms with E-state index in [1.54, 1.807) is 0 Å². The van der Waals surface area contributed by atoms with Crippen LogP contribution in [0.5, 0.6) is 0 Å². The third kappa shape index (κ3) is 4.17. The monoisotopic (exact) mass is 304 g/mol. The number of rotatable bonds is 6. The van der Waals surface area contributed by atoms with Crippen LogP contribution in [0.4, 0.5) is 0 Å². The molecule has 1 heterocycles. The minimum Gasteiger partial charge on any atom is -0.319 e. The van der Waals surface area contributed by atoms with E-state index >= 15 is 0 Å². The van der Waals surface area contributed by atoms with E-state index in [9.17, 15) is 0 Å². The molecule has 0 aliphatic carbocycles. The summed E-state index contributed by atoms with van der Waals surface area (Å²) in [5.74, 6) is 0.665. The molecule has 0 aliphatic rings. The second-order valence-corrected chi connectivity index (χ2v) is 6.33. The van der Waals surface area contributed by atoms with E-state index < -0.39 is 0 Å². The lowest BCUT2D eigenvalue weighted by Gasteiger charge is -2.29. The first-order valence-corrected chi connectivity index (χ1v) is 7.29. The van der Waals surface area contributed by atoms with Crippen LogP contribution >= 0.6 is 27.3 Å². The molecule has 92 valence electrons. The van der Waals surface area contributed by atoms with Gasteiger partial charge in [0.15, 0.2) is 0 Å². The number of nitrogens with one attached hydrogen (secondary N) is 1. The zero-order valence-electron chi connectivity index (χ0n) is 10.5. The Morgan fingerprint density at radius 2 is 2.19 bits per heavy atom. The average Bonchev–Trinajstić information content (AvgIpc) is 2.63. The average molecular weight is 305 g/mol. The number of hydrogen-bond donors (Lipinski definition) is 1. The molecule has 2 nitrogen and oxygen atoms in total. The van der Waals surface area contributed by atoms with Gasteiger partial charge in [0.25, 0.3) is 0 Å². The van der Waals surface area contributed by atoms with Gasteiger partial charge in [0.2, 0.25) is 0 Å². The van der Waals surface area contributed by atoms with Crippen molar-refractivity contribution in [1.29, 1.82) is 0 Å². The lowest BCUT2D eigenvalue weighted by molar-refractivity contribution is 0.191. The zero-order chi connectivity index (χ0) is 12.1. The Morgan fingerprint density at radius 1 is 1.50 bits per heavy atom. The Morgan fingerprint density at radius 3 is 2.69 bits per heavy atom. The summed E-state index contributed by atoms with van der Waals surface area (Å²) >= 11 is 5.31. The molecule has 0 saturated heterocycles. The minimum atomic E-state index is 0.591. The molecule has 1 aromatic rings. The third-order valence-corrected chi connectivity index (χ3v) is 4.75. The van der Waals surface area contributed by atoms with E-state index in [1.807, 2.05) is 18.4 Å². The summed E-state index contributed by atoms with van der Waals surface area (Å²) < 4.78 is 1.19. The summed E-state index contributed by atoms with van der Waals surface area (Å²) in [7, 11) is 4.21. The van der Waals surface area contributed by atoms with E-state index in [1.165, 1.54) is 9.35 Å². The van der Waals surface area contributed by atoms with E-state index in [0.29, 0.717) is 12.0 Å². The first-order valence-electron chi connectivity index (χ1n) is 5.62. The lowest BCUT2D eigenvalue weighted by Crippen LogP contribution is -2.37. The maximum atomic E-state index is 3.49. The molecule has 0 spiro atoms. The molecule has 0 radical (unpaired) electrons. The van der Waals surface area contributed by atoms with E-state index in [2.05, 4.69) is 58.5 Å². The standard InChI is InChI=1S/C12H21BrN2S/c1-9(6-14-3)10(2)15(4)7-12-5-11(13)8-16-12/h5,8-10,14H,6-7H2,1-4H3. The van der Waals surface area contributed by atoms with Crippen molar-refractivity contribution in [2.75, 3.05) is 20.6 Å². The van der Waals surface area contributed by atoms with Crippen LogP contribution < -0.4 is 5.32 Å². The molecule has 1 N–H and O–H groups in total. The van der Waals surface area contributed by atoms with Crippen LogP contribution in [0.15, 0.2) is 15.9 Å². The van der Waals surface area contributed by atoms with Gasteiger partial charge in [0.1, 0.15) is 0 Å². The molecule has 0 aromatic carbocycles. The van der Waals surface area contributed by atoms with Crippen molar-refractivity contribution < 1.29 is 0 Å². The summed E-state index contributed by atoms with van der Waals surface area (Å²) in [6, 6.07) is 2.80. The van der Waals surface area contributed by atoms with Crippen molar-refractivity contribution in [3.63, 3.8) is 0 Å². The van der Waals surface area contributed by atoms with Crippen molar-refractivity contribution in [2.24, 2.45) is 5.92 Å². The molecular formula is C12H21BrN2S. The van der Waals surface area contributed by atoms with Crippen LogP contribution in [0, 0.1) is 5.92 Å². The number of nitrogens with zero attached hydrogens (tertiary/aromatic N) is 1. The molecular weight excluding hydrogens is 284 g/mol. The SMILES string of the molecule is CNCC(C)C(C)N(C)Cc1cc(Br)cs1. The predicted molar refractivity (Wildman–Crippen MR) is 76.0 cm³/mol. The van der Waals surface area contributed by atoms with Gasteiger partial charge < -0.3 is 5.32 Å². The maximum Gasteiger partial charge on any atom is 0.0328 e. The first kappa shape index (κ1) is 14.2. The van der Waals surface area contributed by atoms with E-state index in [0.717, 1.165) is 13.1 Å². The molecule has 2 atom stereocenters. The molecule has 4 heteroatoms. The Hall–Kier alpha value is 0.1000. The normalized spacial score (nSPS) is 15.4. The van der Waals surface area contributed by atoms with Crippen LogP contribution in [-0.2, 0) is 6.54 Å². The molecule has 1 rings (SSSR count). The van der Waals surface area contributed by atoms with Crippen molar-refractivity contribution in [3.05, 3.63) is 20.8 Å². The lowest BCUT2D eigenvalue weighted by atomic mass is 10.0. The van der Waals surface area contributed by atoms with Crippen LogP contribution in [-0.4, -0.2) is 31.6 Å². The van der Waals surface area contributed by atoms with Crippen LogP contribution in [0.1, 0.15) is 18.7 Å². The summed E-state index contributed by atoms with van der Waals surface area (Å²) in [6.45, 7) is 6.69. The Kier molecular flexibility index (Phi) is 5.97. The quantitative estimate of drug-likeness (QED) is 0.868. The highest BCUT2D eigenvalue weighted by atomic mass is 79.9. The molecule has 0 amide bonds. The van der Waals surface area contributed by atoms with Crippen molar-refractivity contribution in [3.8, 4) is 0 Å². The number of hydrogen-bond acceptors (Lipinski definition) is 3. The maximum absolute atomic E-state index is 3.49. The van der Waals surface area contributed by atoms with E-state index in [-0.39, 0.29) is 0 Å². The Balaban J connectivity index is 2.48. The van der Waals surface area contributed by atoms with Gasteiger partial charge in [-0.25, -0.2) is 0 Å². The van der Waals surface area contributed by atoms with Crippen LogP contribution in [0.25, 0.3) is 0 Å². The fourth-order valence-electron chi connectivity index (χ4n) is 1.75. The highest BCUT2D eigenvalue weighted by Gasteiger charge is 2.16. The fourth-order valence-corrected chi connectivity index (χ4v) is 3.27. The molecule has 0 aliphatic heterocycles. The molecule has 0 saturated carbocycles. The van der Waals surface area contributed by atoms with Gasteiger partial charge in [0.05, 0.1) is 0 Å². The van der Waals surface area contributed by atoms with Crippen molar-refractivity contribution in [2.45, 2.75) is 26.4 Å². The second kappa shape index (κ2) is 6.74. The van der Waals surface area contributed by atoms with Gasteiger partial charge in [-0.1, -0.05) is 6.92 Å². The largest absolute Gasteiger partial charge is 0.319 e. The predicted octanol–water partition coefficient (Wildman–Crippen LogP) is 3.19. The van der Waals surface area contributed by atoms with Gasteiger partial charge in [-0.15, -0.1) is 11.3 Å². The third-order valence-electron chi connectivity index (χ3n) is 3.07. The Labute approximate surface area is 111 Å². The van der Waals surface area contributed by atoms with Crippen LogP contribution in [0.2, 0.25) is 0 Å². The van der Waals surface area contributed by atoms with E-state index in [4.69, 9.17) is 0 Å². The smallest absolute Gasteiger partial charge is 0.0328 e. The first-order chi connectivity index (χ1) is 7.54. The van der Waals surface area contributed by atoms with Gasteiger partial charge >= 0.3 is 0 Å². The second-order valence-electron chi connectivity index (χ2n) is 4.42. The molecule has 0 bridgehead atoms. The van der Waals surface area contributed by atoms with Crippen molar-refractivity contribution in [1.82, 2.24) is 10.2 Å². The minimum absolute atomic E-state index is 0.591. The topological polar surface area (TPSA) is 15.3 Å². The molecule has 0 fully saturated rings. The zero-order valence-corrected chi connectivity index (χ0v) is 12.9. The highest BCUT2D eigenvalue weighted by molar-refractivity contribution is 9.10. The van der Waals surface area contributed by atoms with Gasteiger partial charge in [-0.2, -0.15) is 0 Å². The molecule has 2 unspecified atom stereocenters. The molecule has 16 heavy (non-hydrogen) atoms. The fraction of sp³-hybridized carbons (Fsp3) is 0.667. The Bertz CT molecular complexity index is 314.